The smallest absolute Gasteiger partial charge is 0.292 e. The lowest BCUT2D eigenvalue weighted by Crippen LogP contribution is -2.54. The number of nitrogens with one attached hydrogen (secondary N) is 1. The number of halogens is 1. The number of aromatic amines is 1. The number of fused-ring (bicyclic) bond motifs is 2. The van der Waals surface area contributed by atoms with Crippen molar-refractivity contribution in [2.45, 2.75) is 33.1 Å². The van der Waals surface area contributed by atoms with Crippen molar-refractivity contribution in [3.8, 4) is 11.5 Å². The molecule has 1 fully saturated rings. The van der Waals surface area contributed by atoms with E-state index < -0.39 is 0 Å². The normalized spacial score (nSPS) is 14.7. The summed E-state index contributed by atoms with van der Waals surface area (Å²) in [6.07, 6.45) is 3.59. The molecule has 1 aromatic carbocycles. The quantitative estimate of drug-likeness (QED) is 0.502. The van der Waals surface area contributed by atoms with Crippen molar-refractivity contribution in [3.05, 3.63) is 39.1 Å². The van der Waals surface area contributed by atoms with Crippen molar-refractivity contribution >= 4 is 39.3 Å². The number of nitrogens with zero attached hydrogens (tertiary/aromatic N) is 4. The van der Waals surface area contributed by atoms with Gasteiger partial charge in [0.2, 0.25) is 0 Å². The molecule has 5 rings (SSSR count). The third-order valence-corrected chi connectivity index (χ3v) is 6.14. The highest BCUT2D eigenvalue weighted by Crippen LogP contribution is 2.39. The molecule has 0 spiro atoms. The Labute approximate surface area is 177 Å². The van der Waals surface area contributed by atoms with Crippen LogP contribution in [0.15, 0.2) is 27.4 Å². The first kappa shape index (κ1) is 19.0. The molecule has 4 heterocycles. The molecule has 0 unspecified atom stereocenters. The predicted octanol–water partition coefficient (Wildman–Crippen LogP) is 3.83. The Balaban J connectivity index is 1.70. The van der Waals surface area contributed by atoms with E-state index in [2.05, 4.69) is 27.2 Å². The molecule has 0 saturated carbocycles. The zero-order chi connectivity index (χ0) is 21.0. The standard InChI is InChI=1S/C21H23ClN6O2/c1-3-4-5-12-9-27(10-12)28-18(16-17(26-28)21(29)25-24-20(16)23)19-11(2)14-8-13(22)6-7-15(14)30-19/h6-8,12H,3-5,9-10H2,1-2H3,(H2,23,24)(H,25,29). The van der Waals surface area contributed by atoms with Crippen LogP contribution in [0.25, 0.3) is 33.3 Å². The number of aryl methyl sites for hydroxylation is 1. The number of nitrogens with two attached hydrogens (primary N) is 1. The first-order valence-corrected chi connectivity index (χ1v) is 10.6. The van der Waals surface area contributed by atoms with Crippen molar-refractivity contribution in [1.82, 2.24) is 20.1 Å². The molecule has 1 aliphatic heterocycles. The molecule has 8 nitrogen and oxygen atoms in total. The van der Waals surface area contributed by atoms with Gasteiger partial charge in [0.25, 0.3) is 5.56 Å². The van der Waals surface area contributed by atoms with Crippen LogP contribution in [0, 0.1) is 12.8 Å². The fourth-order valence-electron chi connectivity index (χ4n) is 4.23. The number of H-pyrrole nitrogens is 1. The molecule has 0 atom stereocenters. The number of unbranched alkanes of at least 4 members (excludes halogenated alkanes) is 1. The second-order valence-corrected chi connectivity index (χ2v) is 8.41. The minimum atomic E-state index is -0.376. The van der Waals surface area contributed by atoms with Crippen LogP contribution >= 0.6 is 11.6 Å². The molecule has 156 valence electrons. The van der Waals surface area contributed by atoms with E-state index in [-0.39, 0.29) is 16.9 Å². The van der Waals surface area contributed by atoms with Gasteiger partial charge in [0.05, 0.1) is 5.39 Å². The molecular formula is C21H23ClN6O2. The van der Waals surface area contributed by atoms with Crippen molar-refractivity contribution in [2.24, 2.45) is 5.92 Å². The lowest BCUT2D eigenvalue weighted by atomic mass is 9.96. The molecule has 0 radical (unpaired) electrons. The van der Waals surface area contributed by atoms with Crippen molar-refractivity contribution in [1.29, 1.82) is 0 Å². The maximum Gasteiger partial charge on any atom is 0.292 e. The first-order valence-electron chi connectivity index (χ1n) is 10.2. The van der Waals surface area contributed by atoms with Crippen molar-refractivity contribution < 1.29 is 4.42 Å². The summed E-state index contributed by atoms with van der Waals surface area (Å²) in [5, 5.41) is 15.2. The van der Waals surface area contributed by atoms with Gasteiger partial charge in [0.1, 0.15) is 11.3 Å². The molecule has 0 amide bonds. The van der Waals surface area contributed by atoms with E-state index in [0.29, 0.717) is 33.4 Å². The van der Waals surface area contributed by atoms with Gasteiger partial charge >= 0.3 is 0 Å². The molecule has 4 aromatic rings. The van der Waals surface area contributed by atoms with Crippen LogP contribution in [0.5, 0.6) is 0 Å². The zero-order valence-corrected chi connectivity index (χ0v) is 17.7. The van der Waals surface area contributed by atoms with Crippen LogP contribution in [0.3, 0.4) is 0 Å². The molecule has 3 aromatic heterocycles. The van der Waals surface area contributed by atoms with Crippen molar-refractivity contribution in [2.75, 3.05) is 23.8 Å². The molecule has 1 saturated heterocycles. The average Bonchev–Trinajstić information content (AvgIpc) is 3.23. The number of hydrogen-bond acceptors (Lipinski definition) is 6. The zero-order valence-electron chi connectivity index (χ0n) is 16.9. The van der Waals surface area contributed by atoms with E-state index in [0.717, 1.165) is 24.0 Å². The summed E-state index contributed by atoms with van der Waals surface area (Å²) in [6, 6.07) is 5.51. The van der Waals surface area contributed by atoms with E-state index in [9.17, 15) is 4.79 Å². The van der Waals surface area contributed by atoms with Gasteiger partial charge < -0.3 is 10.2 Å². The Morgan fingerprint density at radius 3 is 2.93 bits per heavy atom. The highest BCUT2D eigenvalue weighted by atomic mass is 35.5. The Bertz CT molecular complexity index is 1310. The Hall–Kier alpha value is -3.00. The minimum Gasteiger partial charge on any atom is -0.454 e. The highest BCUT2D eigenvalue weighted by Gasteiger charge is 2.33. The number of rotatable bonds is 5. The molecule has 9 heteroatoms. The van der Waals surface area contributed by atoms with Crippen LogP contribution < -0.4 is 16.3 Å². The maximum absolute atomic E-state index is 12.4. The average molecular weight is 427 g/mol. The van der Waals surface area contributed by atoms with Gasteiger partial charge in [0.15, 0.2) is 17.1 Å². The van der Waals surface area contributed by atoms with E-state index in [1.807, 2.05) is 19.1 Å². The Morgan fingerprint density at radius 1 is 1.37 bits per heavy atom. The highest BCUT2D eigenvalue weighted by molar-refractivity contribution is 6.31. The maximum atomic E-state index is 12.4. The summed E-state index contributed by atoms with van der Waals surface area (Å²) in [4.78, 5) is 14.2. The Kier molecular flexibility index (Phi) is 4.47. The largest absolute Gasteiger partial charge is 0.454 e. The van der Waals surface area contributed by atoms with Gasteiger partial charge in [-0.2, -0.15) is 9.89 Å². The summed E-state index contributed by atoms with van der Waals surface area (Å²) in [6.45, 7) is 5.92. The summed E-state index contributed by atoms with van der Waals surface area (Å²) >= 11 is 6.19. The lowest BCUT2D eigenvalue weighted by Gasteiger charge is -2.41. The summed E-state index contributed by atoms with van der Waals surface area (Å²) < 4.78 is 6.21. The molecule has 0 bridgehead atoms. The van der Waals surface area contributed by atoms with Crippen LogP contribution in [0.4, 0.5) is 5.82 Å². The number of nitrogen functional groups attached to an aromatic ring is 1. The first-order chi connectivity index (χ1) is 14.5. The van der Waals surface area contributed by atoms with Crippen LogP contribution in [0.2, 0.25) is 5.02 Å². The number of aromatic nitrogens is 4. The lowest BCUT2D eigenvalue weighted by molar-refractivity contribution is 0.296. The second kappa shape index (κ2) is 7.05. The predicted molar refractivity (Wildman–Crippen MR) is 118 cm³/mol. The third-order valence-electron chi connectivity index (χ3n) is 5.90. The topological polar surface area (TPSA) is 106 Å². The number of furan rings is 1. The number of benzene rings is 1. The third kappa shape index (κ3) is 2.86. The van der Waals surface area contributed by atoms with E-state index >= 15 is 0 Å². The number of hydrogen-bond donors (Lipinski definition) is 2. The van der Waals surface area contributed by atoms with Crippen LogP contribution in [-0.2, 0) is 0 Å². The Morgan fingerprint density at radius 2 is 2.17 bits per heavy atom. The van der Waals surface area contributed by atoms with Gasteiger partial charge in [-0.25, -0.2) is 5.10 Å². The molecule has 1 aliphatic rings. The number of anilines is 1. The summed E-state index contributed by atoms with van der Waals surface area (Å²) in [5.74, 6) is 1.45. The molecule has 30 heavy (non-hydrogen) atoms. The van der Waals surface area contributed by atoms with E-state index in [4.69, 9.17) is 21.8 Å². The molecular weight excluding hydrogens is 404 g/mol. The minimum absolute atomic E-state index is 0.215. The SMILES string of the molecule is CCCCC1CN(n2nc3c(=O)[nH]nc(N)c3c2-c2oc3ccc(Cl)cc3c2C)C1. The van der Waals surface area contributed by atoms with E-state index in [1.165, 1.54) is 19.3 Å². The van der Waals surface area contributed by atoms with Gasteiger partial charge in [-0.15, -0.1) is 5.10 Å². The van der Waals surface area contributed by atoms with E-state index in [1.54, 1.807) is 10.9 Å². The fourth-order valence-corrected chi connectivity index (χ4v) is 4.40. The van der Waals surface area contributed by atoms with Gasteiger partial charge in [-0.1, -0.05) is 31.4 Å². The van der Waals surface area contributed by atoms with Gasteiger partial charge in [-0.05, 0) is 37.5 Å². The van der Waals surface area contributed by atoms with Crippen LogP contribution in [-0.4, -0.2) is 33.2 Å². The second-order valence-electron chi connectivity index (χ2n) is 7.98. The van der Waals surface area contributed by atoms with Gasteiger partial charge in [0, 0.05) is 29.1 Å². The molecule has 0 aliphatic carbocycles. The van der Waals surface area contributed by atoms with Crippen LogP contribution in [0.1, 0.15) is 31.7 Å². The molecule has 3 N–H and O–H groups in total. The summed E-state index contributed by atoms with van der Waals surface area (Å²) in [5.41, 5.74) is 8.35. The van der Waals surface area contributed by atoms with Gasteiger partial charge in [-0.3, -0.25) is 9.80 Å². The fraction of sp³-hybridized carbons (Fsp3) is 0.381. The monoisotopic (exact) mass is 426 g/mol. The van der Waals surface area contributed by atoms with Crippen molar-refractivity contribution in [3.63, 3.8) is 0 Å². The summed E-state index contributed by atoms with van der Waals surface area (Å²) in [7, 11) is 0.